The van der Waals surface area contributed by atoms with Crippen molar-refractivity contribution in [1.82, 2.24) is 0 Å². The fraction of sp³-hybridized carbons (Fsp3) is 0.200. The molecule has 0 aliphatic heterocycles. The van der Waals surface area contributed by atoms with Crippen molar-refractivity contribution in [2.45, 2.75) is 19.9 Å². The van der Waals surface area contributed by atoms with Crippen LogP contribution in [0.1, 0.15) is 18.1 Å². The Bertz CT molecular complexity index is 500. The highest BCUT2D eigenvalue weighted by Crippen LogP contribution is 2.20. The van der Waals surface area contributed by atoms with E-state index < -0.39 is 0 Å². The van der Waals surface area contributed by atoms with E-state index in [9.17, 15) is 0 Å². The minimum absolute atomic E-state index is 0.667. The molecule has 1 nitrogen and oxygen atoms in total. The third-order valence-electron chi connectivity index (χ3n) is 2.78. The highest BCUT2D eigenvalue weighted by molar-refractivity contribution is 6.34. The van der Waals surface area contributed by atoms with Gasteiger partial charge in [-0.05, 0) is 47.9 Å². The number of nitrogens with one attached hydrogen (secondary N) is 1. The molecule has 2 rings (SSSR count). The van der Waals surface area contributed by atoms with E-state index in [0.29, 0.717) is 16.6 Å². The molecule has 18 heavy (non-hydrogen) atoms. The van der Waals surface area contributed by atoms with Gasteiger partial charge in [0.05, 0.1) is 0 Å². The summed E-state index contributed by atoms with van der Waals surface area (Å²) < 4.78 is 0. The molecule has 2 aromatic carbocycles. The van der Waals surface area contributed by atoms with Crippen LogP contribution in [0.3, 0.4) is 0 Å². The molecule has 0 saturated carbocycles. The van der Waals surface area contributed by atoms with Crippen molar-refractivity contribution in [3.8, 4) is 0 Å². The summed E-state index contributed by atoms with van der Waals surface area (Å²) >= 11 is 11.9. The molecular weight excluding hydrogens is 265 g/mol. The number of rotatable bonds is 4. The second-order valence-corrected chi connectivity index (χ2v) is 5.05. The number of hydrogen-bond donors (Lipinski definition) is 1. The summed E-state index contributed by atoms with van der Waals surface area (Å²) in [6, 6.07) is 14.0. The summed E-state index contributed by atoms with van der Waals surface area (Å²) in [5.74, 6) is 0. The van der Waals surface area contributed by atoms with Gasteiger partial charge in [0, 0.05) is 22.3 Å². The summed E-state index contributed by atoms with van der Waals surface area (Å²) in [6.45, 7) is 2.86. The van der Waals surface area contributed by atoms with E-state index in [2.05, 4.69) is 36.5 Å². The van der Waals surface area contributed by atoms with Crippen molar-refractivity contribution in [2.24, 2.45) is 0 Å². The molecule has 2 aromatic rings. The van der Waals surface area contributed by atoms with Crippen LogP contribution in [-0.2, 0) is 13.0 Å². The van der Waals surface area contributed by atoms with Crippen molar-refractivity contribution < 1.29 is 0 Å². The third-order valence-corrected chi connectivity index (χ3v) is 3.22. The van der Waals surface area contributed by atoms with Crippen LogP contribution >= 0.6 is 23.2 Å². The van der Waals surface area contributed by atoms with Crippen LogP contribution in [0, 0.1) is 0 Å². The Morgan fingerprint density at radius 3 is 2.06 bits per heavy atom. The maximum atomic E-state index is 5.96. The van der Waals surface area contributed by atoms with Gasteiger partial charge in [-0.2, -0.15) is 0 Å². The van der Waals surface area contributed by atoms with E-state index in [0.717, 1.165) is 17.7 Å². The lowest BCUT2D eigenvalue weighted by molar-refractivity contribution is 1.12. The number of anilines is 1. The Labute approximate surface area is 118 Å². The molecule has 0 spiro atoms. The third kappa shape index (κ3) is 3.66. The summed E-state index contributed by atoms with van der Waals surface area (Å²) in [5, 5.41) is 4.68. The van der Waals surface area contributed by atoms with Crippen LogP contribution in [0.4, 0.5) is 5.69 Å². The standard InChI is InChI=1S/C15H15Cl2N/c1-2-11-3-5-15(6-4-11)18-10-12-7-13(16)9-14(17)8-12/h3-9,18H,2,10H2,1H3. The Morgan fingerprint density at radius 1 is 0.889 bits per heavy atom. The molecule has 0 unspecified atom stereocenters. The lowest BCUT2D eigenvalue weighted by atomic mass is 10.1. The van der Waals surface area contributed by atoms with Crippen LogP contribution in [0.25, 0.3) is 0 Å². The first-order valence-corrected chi connectivity index (χ1v) is 6.71. The minimum Gasteiger partial charge on any atom is -0.381 e. The fourth-order valence-corrected chi connectivity index (χ4v) is 2.35. The highest BCUT2D eigenvalue weighted by Gasteiger charge is 1.99. The molecule has 0 aromatic heterocycles. The molecule has 0 aliphatic rings. The maximum Gasteiger partial charge on any atom is 0.0424 e. The van der Waals surface area contributed by atoms with E-state index in [-0.39, 0.29) is 0 Å². The van der Waals surface area contributed by atoms with Gasteiger partial charge >= 0.3 is 0 Å². The van der Waals surface area contributed by atoms with Crippen LogP contribution in [-0.4, -0.2) is 0 Å². The predicted molar refractivity (Wildman–Crippen MR) is 79.6 cm³/mol. The predicted octanol–water partition coefficient (Wildman–Crippen LogP) is 5.17. The zero-order valence-electron chi connectivity index (χ0n) is 10.2. The van der Waals surface area contributed by atoms with Gasteiger partial charge in [0.1, 0.15) is 0 Å². The zero-order chi connectivity index (χ0) is 13.0. The molecule has 3 heteroatoms. The van der Waals surface area contributed by atoms with E-state index in [4.69, 9.17) is 23.2 Å². The molecule has 0 atom stereocenters. The van der Waals surface area contributed by atoms with Gasteiger partial charge in [0.2, 0.25) is 0 Å². The molecule has 94 valence electrons. The van der Waals surface area contributed by atoms with Gasteiger partial charge in [-0.15, -0.1) is 0 Å². The number of hydrogen-bond acceptors (Lipinski definition) is 1. The molecule has 0 heterocycles. The fourth-order valence-electron chi connectivity index (χ4n) is 1.78. The first-order chi connectivity index (χ1) is 8.67. The Morgan fingerprint density at radius 2 is 1.50 bits per heavy atom. The molecule has 0 radical (unpaired) electrons. The van der Waals surface area contributed by atoms with Gasteiger partial charge in [-0.1, -0.05) is 42.3 Å². The van der Waals surface area contributed by atoms with Gasteiger partial charge in [0.15, 0.2) is 0 Å². The van der Waals surface area contributed by atoms with E-state index >= 15 is 0 Å². The van der Waals surface area contributed by atoms with Gasteiger partial charge in [-0.25, -0.2) is 0 Å². The van der Waals surface area contributed by atoms with Crippen LogP contribution in [0.2, 0.25) is 10.0 Å². The molecular formula is C15H15Cl2N. The lowest BCUT2D eigenvalue weighted by Crippen LogP contribution is -1.99. The monoisotopic (exact) mass is 279 g/mol. The maximum absolute atomic E-state index is 5.96. The first-order valence-electron chi connectivity index (χ1n) is 5.95. The lowest BCUT2D eigenvalue weighted by Gasteiger charge is -2.08. The van der Waals surface area contributed by atoms with Crippen molar-refractivity contribution in [2.75, 3.05) is 5.32 Å². The molecule has 0 saturated heterocycles. The summed E-state index contributed by atoms with van der Waals surface area (Å²) in [6.07, 6.45) is 1.06. The van der Waals surface area contributed by atoms with Crippen LogP contribution in [0.5, 0.6) is 0 Å². The first kappa shape index (κ1) is 13.3. The molecule has 0 bridgehead atoms. The average Bonchev–Trinajstić information content (AvgIpc) is 2.36. The normalized spacial score (nSPS) is 10.4. The van der Waals surface area contributed by atoms with Crippen molar-refractivity contribution in [3.05, 3.63) is 63.6 Å². The highest BCUT2D eigenvalue weighted by atomic mass is 35.5. The number of aryl methyl sites for hydroxylation is 1. The van der Waals surface area contributed by atoms with Gasteiger partial charge < -0.3 is 5.32 Å². The van der Waals surface area contributed by atoms with E-state index in [1.165, 1.54) is 5.56 Å². The molecule has 0 aliphatic carbocycles. The summed E-state index contributed by atoms with van der Waals surface area (Å²) in [5.41, 5.74) is 3.52. The molecule has 1 N–H and O–H groups in total. The van der Waals surface area contributed by atoms with Crippen molar-refractivity contribution in [3.63, 3.8) is 0 Å². The largest absolute Gasteiger partial charge is 0.381 e. The molecule has 0 fully saturated rings. The van der Waals surface area contributed by atoms with Crippen LogP contribution < -0.4 is 5.32 Å². The Hall–Kier alpha value is -1.18. The summed E-state index contributed by atoms with van der Waals surface area (Å²) in [7, 11) is 0. The van der Waals surface area contributed by atoms with Gasteiger partial charge in [0.25, 0.3) is 0 Å². The van der Waals surface area contributed by atoms with E-state index in [1.54, 1.807) is 6.07 Å². The summed E-state index contributed by atoms with van der Waals surface area (Å²) in [4.78, 5) is 0. The van der Waals surface area contributed by atoms with Crippen molar-refractivity contribution >= 4 is 28.9 Å². The van der Waals surface area contributed by atoms with Crippen molar-refractivity contribution in [1.29, 1.82) is 0 Å². The Balaban J connectivity index is 2.01. The smallest absolute Gasteiger partial charge is 0.0424 e. The second-order valence-electron chi connectivity index (χ2n) is 4.18. The topological polar surface area (TPSA) is 12.0 Å². The zero-order valence-corrected chi connectivity index (χ0v) is 11.7. The SMILES string of the molecule is CCc1ccc(NCc2cc(Cl)cc(Cl)c2)cc1. The number of benzene rings is 2. The second kappa shape index (κ2) is 6.12. The van der Waals surface area contributed by atoms with E-state index in [1.807, 2.05) is 12.1 Å². The van der Waals surface area contributed by atoms with Gasteiger partial charge in [-0.3, -0.25) is 0 Å². The average molecular weight is 280 g/mol. The Kier molecular flexibility index (Phi) is 4.51. The van der Waals surface area contributed by atoms with Crippen LogP contribution in [0.15, 0.2) is 42.5 Å². The number of halogens is 2. The quantitative estimate of drug-likeness (QED) is 0.814. The minimum atomic E-state index is 0.667. The molecule has 0 amide bonds.